The van der Waals surface area contributed by atoms with Gasteiger partial charge in [-0.25, -0.2) is 0 Å². The average Bonchev–Trinajstić information content (AvgIpc) is 2.19. The van der Waals surface area contributed by atoms with Crippen molar-refractivity contribution in [3.8, 4) is 0 Å². The molecule has 0 spiro atoms. The van der Waals surface area contributed by atoms with Crippen LogP contribution in [0.3, 0.4) is 0 Å². The summed E-state index contributed by atoms with van der Waals surface area (Å²) < 4.78 is 5.17. The van der Waals surface area contributed by atoms with Crippen molar-refractivity contribution in [3.63, 3.8) is 0 Å². The number of esters is 1. The van der Waals surface area contributed by atoms with Gasteiger partial charge in [0, 0.05) is 6.42 Å². The summed E-state index contributed by atoms with van der Waals surface area (Å²) in [5.41, 5.74) is 0.0645. The van der Waals surface area contributed by atoms with E-state index in [-0.39, 0.29) is 11.4 Å². The predicted octanol–water partition coefficient (Wildman–Crippen LogP) is 2.75. The van der Waals surface area contributed by atoms with E-state index in [4.69, 9.17) is 4.74 Å². The third kappa shape index (κ3) is 11.5. The quantitative estimate of drug-likeness (QED) is 0.514. The molecule has 0 amide bonds. The van der Waals surface area contributed by atoms with E-state index in [0.29, 0.717) is 13.0 Å². The van der Waals surface area contributed by atoms with Gasteiger partial charge >= 0.3 is 5.97 Å². The lowest BCUT2D eigenvalue weighted by Crippen LogP contribution is -2.20. The minimum atomic E-state index is -0.0767. The summed E-state index contributed by atoms with van der Waals surface area (Å²) in [6.07, 6.45) is 3.80. The predicted molar refractivity (Wildman–Crippen MR) is 67.4 cm³/mol. The monoisotopic (exact) mass is 229 g/mol. The van der Waals surface area contributed by atoms with Crippen molar-refractivity contribution >= 4 is 5.97 Å². The maximum Gasteiger partial charge on any atom is 0.305 e. The Morgan fingerprint density at radius 3 is 2.38 bits per heavy atom. The summed E-state index contributed by atoms with van der Waals surface area (Å²) in [4.78, 5) is 11.3. The molecule has 0 saturated heterocycles. The fourth-order valence-corrected chi connectivity index (χ4v) is 1.15. The van der Waals surface area contributed by atoms with E-state index in [1.54, 1.807) is 0 Å². The van der Waals surface area contributed by atoms with E-state index in [0.717, 1.165) is 19.5 Å². The van der Waals surface area contributed by atoms with E-state index < -0.39 is 0 Å². The maximum absolute atomic E-state index is 11.3. The lowest BCUT2D eigenvalue weighted by Gasteiger charge is -2.17. The summed E-state index contributed by atoms with van der Waals surface area (Å²) in [5.74, 6) is -0.0767. The second kappa shape index (κ2) is 8.57. The molecule has 0 heterocycles. The van der Waals surface area contributed by atoms with Gasteiger partial charge in [0.1, 0.15) is 0 Å². The minimum absolute atomic E-state index is 0.0645. The molecule has 0 radical (unpaired) electrons. The molecular formula is C13H27NO2. The van der Waals surface area contributed by atoms with Crippen LogP contribution in [0.2, 0.25) is 0 Å². The number of carbonyl (C=O) groups is 1. The van der Waals surface area contributed by atoms with Gasteiger partial charge in [-0.15, -0.1) is 0 Å². The molecule has 1 N–H and O–H groups in total. The average molecular weight is 229 g/mol. The molecule has 96 valence electrons. The molecule has 16 heavy (non-hydrogen) atoms. The van der Waals surface area contributed by atoms with Crippen LogP contribution >= 0.6 is 0 Å². The summed E-state index contributed by atoms with van der Waals surface area (Å²) >= 11 is 0. The Morgan fingerprint density at radius 1 is 1.19 bits per heavy atom. The molecule has 3 heteroatoms. The highest BCUT2D eigenvalue weighted by Crippen LogP contribution is 2.13. The molecule has 0 aromatic carbocycles. The Bertz CT molecular complexity index is 185. The minimum Gasteiger partial charge on any atom is -0.465 e. The maximum atomic E-state index is 11.3. The summed E-state index contributed by atoms with van der Waals surface area (Å²) in [6.45, 7) is 10.8. The summed E-state index contributed by atoms with van der Waals surface area (Å²) in [6, 6.07) is 0. The molecule has 3 nitrogen and oxygen atoms in total. The van der Waals surface area contributed by atoms with Crippen molar-refractivity contribution in [2.45, 2.75) is 53.4 Å². The lowest BCUT2D eigenvalue weighted by atomic mass is 9.99. The Kier molecular flexibility index (Phi) is 8.26. The molecule has 0 atom stereocenters. The van der Waals surface area contributed by atoms with Gasteiger partial charge < -0.3 is 10.1 Å². The van der Waals surface area contributed by atoms with E-state index in [2.05, 4.69) is 33.0 Å². The fourth-order valence-electron chi connectivity index (χ4n) is 1.15. The van der Waals surface area contributed by atoms with Gasteiger partial charge in [-0.2, -0.15) is 0 Å². The van der Waals surface area contributed by atoms with Crippen LogP contribution < -0.4 is 5.32 Å². The van der Waals surface area contributed by atoms with Crippen LogP contribution in [0, 0.1) is 5.41 Å². The second-order valence-corrected chi connectivity index (χ2v) is 5.43. The van der Waals surface area contributed by atoms with Gasteiger partial charge in [0.2, 0.25) is 0 Å². The van der Waals surface area contributed by atoms with Crippen molar-refractivity contribution in [2.24, 2.45) is 5.41 Å². The normalized spacial score (nSPS) is 11.5. The zero-order valence-corrected chi connectivity index (χ0v) is 11.3. The first-order valence-corrected chi connectivity index (χ1v) is 6.32. The van der Waals surface area contributed by atoms with Crippen LogP contribution in [0.25, 0.3) is 0 Å². The highest BCUT2D eigenvalue weighted by atomic mass is 16.5. The number of ether oxygens (including phenoxy) is 1. The molecule has 0 fully saturated rings. The van der Waals surface area contributed by atoms with Gasteiger partial charge in [-0.1, -0.05) is 34.1 Å². The molecule has 0 aromatic heterocycles. The number of unbranched alkanes of at least 4 members (excludes halogenated alkanes) is 1. The van der Waals surface area contributed by atoms with Crippen LogP contribution in [0.1, 0.15) is 53.4 Å². The van der Waals surface area contributed by atoms with Crippen LogP contribution in [0.4, 0.5) is 0 Å². The number of carbonyl (C=O) groups excluding carboxylic acids is 1. The van der Waals surface area contributed by atoms with Crippen molar-refractivity contribution in [2.75, 3.05) is 19.7 Å². The Balaban J connectivity index is 3.31. The molecule has 0 bridgehead atoms. The largest absolute Gasteiger partial charge is 0.465 e. The first-order chi connectivity index (χ1) is 7.45. The number of rotatable bonds is 8. The van der Waals surface area contributed by atoms with Gasteiger partial charge in [0.25, 0.3) is 0 Å². The topological polar surface area (TPSA) is 38.3 Å². The van der Waals surface area contributed by atoms with E-state index in [1.807, 2.05) is 0 Å². The first-order valence-electron chi connectivity index (χ1n) is 6.32. The van der Waals surface area contributed by atoms with Gasteiger partial charge in [-0.3, -0.25) is 4.79 Å². The summed E-state index contributed by atoms with van der Waals surface area (Å²) in [7, 11) is 0. The van der Waals surface area contributed by atoms with Crippen molar-refractivity contribution in [3.05, 3.63) is 0 Å². The van der Waals surface area contributed by atoms with Crippen molar-refractivity contribution in [1.82, 2.24) is 5.32 Å². The van der Waals surface area contributed by atoms with Crippen LogP contribution in [0.15, 0.2) is 0 Å². The standard InChI is InChI=1S/C13H27NO2/c1-5-6-9-14-10-7-8-12(15)16-11-13(2,3)4/h14H,5-11H2,1-4H3. The van der Waals surface area contributed by atoms with Crippen molar-refractivity contribution < 1.29 is 9.53 Å². The molecular weight excluding hydrogens is 202 g/mol. The first kappa shape index (κ1) is 15.4. The molecule has 0 aliphatic carbocycles. The number of hydrogen-bond acceptors (Lipinski definition) is 3. The zero-order valence-electron chi connectivity index (χ0n) is 11.3. The SMILES string of the molecule is CCCCNCCCC(=O)OCC(C)(C)C. The Labute approximate surface area is 99.9 Å². The van der Waals surface area contributed by atoms with Gasteiger partial charge in [0.05, 0.1) is 6.61 Å². The Hall–Kier alpha value is -0.570. The second-order valence-electron chi connectivity index (χ2n) is 5.43. The third-order valence-corrected chi connectivity index (χ3v) is 2.11. The highest BCUT2D eigenvalue weighted by molar-refractivity contribution is 5.69. The summed E-state index contributed by atoms with van der Waals surface area (Å²) in [5, 5.41) is 3.31. The third-order valence-electron chi connectivity index (χ3n) is 2.11. The smallest absolute Gasteiger partial charge is 0.305 e. The van der Waals surface area contributed by atoms with Gasteiger partial charge in [0.15, 0.2) is 0 Å². The van der Waals surface area contributed by atoms with E-state index >= 15 is 0 Å². The molecule has 0 rings (SSSR count). The Morgan fingerprint density at radius 2 is 1.81 bits per heavy atom. The van der Waals surface area contributed by atoms with E-state index in [9.17, 15) is 4.79 Å². The zero-order chi connectivity index (χ0) is 12.4. The highest BCUT2D eigenvalue weighted by Gasteiger charge is 2.13. The number of hydrogen-bond donors (Lipinski definition) is 1. The molecule has 0 aliphatic heterocycles. The molecule has 0 aromatic rings. The number of nitrogens with one attached hydrogen (secondary N) is 1. The van der Waals surface area contributed by atoms with Crippen LogP contribution in [0.5, 0.6) is 0 Å². The fraction of sp³-hybridized carbons (Fsp3) is 0.923. The van der Waals surface area contributed by atoms with E-state index in [1.165, 1.54) is 12.8 Å². The molecule has 0 unspecified atom stereocenters. The molecule has 0 saturated carbocycles. The van der Waals surface area contributed by atoms with Crippen molar-refractivity contribution in [1.29, 1.82) is 0 Å². The van der Waals surface area contributed by atoms with Crippen LogP contribution in [-0.4, -0.2) is 25.7 Å². The lowest BCUT2D eigenvalue weighted by molar-refractivity contribution is -0.146. The van der Waals surface area contributed by atoms with Gasteiger partial charge in [-0.05, 0) is 31.3 Å². The van der Waals surface area contributed by atoms with Crippen LogP contribution in [-0.2, 0) is 9.53 Å². The molecule has 0 aliphatic rings.